The lowest BCUT2D eigenvalue weighted by molar-refractivity contribution is -0.137. The van der Waals surface area contributed by atoms with E-state index in [0.717, 1.165) is 36.5 Å². The van der Waals surface area contributed by atoms with E-state index in [0.29, 0.717) is 38.5 Å². The van der Waals surface area contributed by atoms with E-state index in [4.69, 9.17) is 9.15 Å². The average molecular weight is 573 g/mol. The van der Waals surface area contributed by atoms with E-state index in [1.807, 2.05) is 43.3 Å². The lowest BCUT2D eigenvalue weighted by atomic mass is 10.2. The minimum absolute atomic E-state index is 0.00246. The number of nitrogens with zero attached hydrogens (tertiary/aromatic N) is 3. The van der Waals surface area contributed by atoms with Crippen LogP contribution in [0.15, 0.2) is 71.1 Å². The molecule has 220 valence electrons. The van der Waals surface area contributed by atoms with Crippen molar-refractivity contribution in [3.8, 4) is 0 Å². The fourth-order valence-electron chi connectivity index (χ4n) is 4.60. The quantitative estimate of drug-likeness (QED) is 0.333. The Kier molecular flexibility index (Phi) is 10.4. The molecule has 1 aromatic heterocycles. The summed E-state index contributed by atoms with van der Waals surface area (Å²) in [6, 6.07) is 16.9. The molecule has 0 bridgehead atoms. The average Bonchev–Trinajstić information content (AvgIpc) is 3.37. The molecule has 0 unspecified atom stereocenters. The number of ether oxygens (including phenoxy) is 1. The van der Waals surface area contributed by atoms with Gasteiger partial charge in [0.05, 0.1) is 25.3 Å². The van der Waals surface area contributed by atoms with Crippen LogP contribution in [-0.2, 0) is 28.8 Å². The van der Waals surface area contributed by atoms with Crippen LogP contribution in [0, 0.1) is 6.92 Å². The number of amides is 3. The van der Waals surface area contributed by atoms with E-state index >= 15 is 0 Å². The number of morpholine rings is 1. The molecule has 4 rings (SSSR count). The molecule has 2 heterocycles. The number of alkyl halides is 3. The van der Waals surface area contributed by atoms with Crippen LogP contribution in [0.2, 0.25) is 0 Å². The number of hydrogen-bond donors (Lipinski definition) is 1. The third kappa shape index (κ3) is 9.36. The van der Waals surface area contributed by atoms with Gasteiger partial charge in [-0.15, -0.1) is 0 Å². The van der Waals surface area contributed by atoms with Crippen molar-refractivity contribution < 1.29 is 31.9 Å². The number of carbonyl (C=O) groups is 2. The maximum atomic E-state index is 13.7. The van der Waals surface area contributed by atoms with Crippen molar-refractivity contribution in [2.45, 2.75) is 32.6 Å². The maximum absolute atomic E-state index is 13.7. The van der Waals surface area contributed by atoms with Gasteiger partial charge in [-0.2, -0.15) is 13.2 Å². The Balaban J connectivity index is 1.49. The molecule has 3 aromatic rings. The Hall–Kier alpha value is -3.83. The zero-order valence-electron chi connectivity index (χ0n) is 23.0. The molecule has 1 saturated heterocycles. The molecular weight excluding hydrogens is 537 g/mol. The van der Waals surface area contributed by atoms with Crippen LogP contribution in [0.25, 0.3) is 0 Å². The van der Waals surface area contributed by atoms with Gasteiger partial charge in [-0.1, -0.05) is 36.4 Å². The van der Waals surface area contributed by atoms with Gasteiger partial charge in [0.15, 0.2) is 0 Å². The molecule has 1 aliphatic heterocycles. The first-order valence-electron chi connectivity index (χ1n) is 13.6. The number of aryl methyl sites for hydroxylation is 1. The van der Waals surface area contributed by atoms with Gasteiger partial charge in [-0.05, 0) is 49.2 Å². The van der Waals surface area contributed by atoms with Crippen LogP contribution < -0.4 is 5.32 Å². The summed E-state index contributed by atoms with van der Waals surface area (Å²) < 4.78 is 50.8. The Morgan fingerprint density at radius 3 is 2.39 bits per heavy atom. The fraction of sp³-hybridized carbons (Fsp3) is 0.400. The molecule has 1 N–H and O–H groups in total. The van der Waals surface area contributed by atoms with Gasteiger partial charge < -0.3 is 24.3 Å². The van der Waals surface area contributed by atoms with Crippen LogP contribution in [0.3, 0.4) is 0 Å². The first kappa shape index (κ1) is 30.1. The highest BCUT2D eigenvalue weighted by molar-refractivity contribution is 5.92. The summed E-state index contributed by atoms with van der Waals surface area (Å²) >= 11 is 0. The van der Waals surface area contributed by atoms with Gasteiger partial charge in [0.1, 0.15) is 18.1 Å². The van der Waals surface area contributed by atoms with E-state index in [2.05, 4.69) is 10.2 Å². The van der Waals surface area contributed by atoms with E-state index in [9.17, 15) is 22.8 Å². The molecule has 1 fully saturated rings. The molecule has 1 aliphatic rings. The third-order valence-corrected chi connectivity index (χ3v) is 6.77. The maximum Gasteiger partial charge on any atom is 0.416 e. The zero-order valence-corrected chi connectivity index (χ0v) is 23.0. The zero-order chi connectivity index (χ0) is 29.2. The molecule has 11 heteroatoms. The number of nitrogens with one attached hydrogen (secondary N) is 1. The summed E-state index contributed by atoms with van der Waals surface area (Å²) in [6.07, 6.45) is -3.96. The second-order valence-corrected chi connectivity index (χ2v) is 9.99. The Bertz CT molecular complexity index is 1280. The van der Waals surface area contributed by atoms with Crippen LogP contribution in [0.1, 0.15) is 29.1 Å². The van der Waals surface area contributed by atoms with Gasteiger partial charge in [0, 0.05) is 38.4 Å². The van der Waals surface area contributed by atoms with Crippen molar-refractivity contribution in [2.24, 2.45) is 0 Å². The SMILES string of the molecule is Cc1ccc(CN(Cc2ccccc2)C(=O)CN(CCCN2CCOCC2)C(=O)Nc2cccc(C(F)(F)F)c2)o1. The number of halogens is 3. The summed E-state index contributed by atoms with van der Waals surface area (Å²) in [5, 5.41) is 2.55. The second kappa shape index (κ2) is 14.2. The van der Waals surface area contributed by atoms with E-state index in [-0.39, 0.29) is 31.2 Å². The number of rotatable bonds is 11. The predicted octanol–water partition coefficient (Wildman–Crippen LogP) is 5.39. The summed E-state index contributed by atoms with van der Waals surface area (Å²) in [5.41, 5.74) is 0.0482. The van der Waals surface area contributed by atoms with Gasteiger partial charge in [0.2, 0.25) is 5.91 Å². The number of urea groups is 1. The highest BCUT2D eigenvalue weighted by Crippen LogP contribution is 2.30. The smallest absolute Gasteiger partial charge is 0.416 e. The topological polar surface area (TPSA) is 78.3 Å². The predicted molar refractivity (Wildman–Crippen MR) is 148 cm³/mol. The molecule has 8 nitrogen and oxygen atoms in total. The van der Waals surface area contributed by atoms with Crippen molar-refractivity contribution in [1.82, 2.24) is 14.7 Å². The van der Waals surface area contributed by atoms with E-state index in [1.54, 1.807) is 11.0 Å². The molecule has 3 amide bonds. The third-order valence-electron chi connectivity index (χ3n) is 6.77. The van der Waals surface area contributed by atoms with Crippen LogP contribution in [-0.4, -0.2) is 72.6 Å². The lowest BCUT2D eigenvalue weighted by Crippen LogP contribution is -2.45. The summed E-state index contributed by atoms with van der Waals surface area (Å²) in [4.78, 5) is 32.2. The van der Waals surface area contributed by atoms with Crippen molar-refractivity contribution in [2.75, 3.05) is 51.3 Å². The highest BCUT2D eigenvalue weighted by atomic mass is 19.4. The molecule has 0 atom stereocenters. The number of hydrogen-bond acceptors (Lipinski definition) is 5. The first-order chi connectivity index (χ1) is 19.7. The first-order valence-corrected chi connectivity index (χ1v) is 13.6. The van der Waals surface area contributed by atoms with Crippen molar-refractivity contribution in [3.63, 3.8) is 0 Å². The number of furan rings is 1. The minimum atomic E-state index is -4.54. The normalized spacial score (nSPS) is 14.0. The van der Waals surface area contributed by atoms with E-state index < -0.39 is 17.8 Å². The summed E-state index contributed by atoms with van der Waals surface area (Å²) in [6.45, 7) is 5.86. The van der Waals surface area contributed by atoms with Crippen molar-refractivity contribution >= 4 is 17.6 Å². The van der Waals surface area contributed by atoms with Crippen LogP contribution in [0.4, 0.5) is 23.7 Å². The summed E-state index contributed by atoms with van der Waals surface area (Å²) in [7, 11) is 0. The molecule has 2 aromatic carbocycles. The van der Waals surface area contributed by atoms with Gasteiger partial charge >= 0.3 is 12.2 Å². The molecule has 0 radical (unpaired) electrons. The van der Waals surface area contributed by atoms with Gasteiger partial charge in [-0.25, -0.2) is 4.79 Å². The highest BCUT2D eigenvalue weighted by Gasteiger charge is 2.31. The fourth-order valence-corrected chi connectivity index (χ4v) is 4.60. The van der Waals surface area contributed by atoms with Gasteiger partial charge in [0.25, 0.3) is 0 Å². The monoisotopic (exact) mass is 572 g/mol. The standard InChI is InChI=1S/C30H35F3N4O4/c1-23-11-12-27(41-23)21-37(20-24-7-3-2-4-8-24)28(38)22-36(14-6-13-35-15-17-40-18-16-35)29(39)34-26-10-5-9-25(19-26)30(31,32)33/h2-5,7-12,19H,6,13-18,20-22H2,1H3,(H,34,39). The van der Waals surface area contributed by atoms with Crippen molar-refractivity contribution in [3.05, 3.63) is 89.4 Å². The van der Waals surface area contributed by atoms with E-state index in [1.165, 1.54) is 17.0 Å². The second-order valence-electron chi connectivity index (χ2n) is 9.99. The molecule has 0 saturated carbocycles. The van der Waals surface area contributed by atoms with Crippen LogP contribution in [0.5, 0.6) is 0 Å². The number of benzene rings is 2. The van der Waals surface area contributed by atoms with Crippen molar-refractivity contribution in [1.29, 1.82) is 0 Å². The lowest BCUT2D eigenvalue weighted by Gasteiger charge is -2.30. The largest absolute Gasteiger partial charge is 0.464 e. The molecule has 41 heavy (non-hydrogen) atoms. The minimum Gasteiger partial charge on any atom is -0.464 e. The molecule has 0 aliphatic carbocycles. The summed E-state index contributed by atoms with van der Waals surface area (Å²) in [5.74, 6) is 1.02. The molecule has 0 spiro atoms. The van der Waals surface area contributed by atoms with Gasteiger partial charge in [-0.3, -0.25) is 9.69 Å². The number of carbonyl (C=O) groups excluding carboxylic acids is 2. The Morgan fingerprint density at radius 2 is 1.71 bits per heavy atom. The molecular formula is C30H35F3N4O4. The Labute approximate surface area is 237 Å². The van der Waals surface area contributed by atoms with Crippen LogP contribution >= 0.6 is 0 Å². The number of anilines is 1. The Morgan fingerprint density at radius 1 is 0.951 bits per heavy atom.